The van der Waals surface area contributed by atoms with Gasteiger partial charge in [0.25, 0.3) is 0 Å². The standard InChI is InChI=1S/C18H23ClN2O2/c1-13-10-20-17(14(2)18(13)23)12-21(8-3-9-22)11-15-4-6-16(19)7-5-15/h4-7,10,22H,3,8-9,11-12H2,1-2H3,(H,20,23). The molecule has 2 rings (SSSR count). The van der Waals surface area contributed by atoms with Crippen molar-refractivity contribution in [3.8, 4) is 0 Å². The smallest absolute Gasteiger partial charge is 0.187 e. The monoisotopic (exact) mass is 334 g/mol. The zero-order valence-corrected chi connectivity index (χ0v) is 14.4. The van der Waals surface area contributed by atoms with Crippen molar-refractivity contribution in [3.05, 3.63) is 68.1 Å². The van der Waals surface area contributed by atoms with Gasteiger partial charge in [0, 0.05) is 54.3 Å². The minimum absolute atomic E-state index is 0.0901. The molecule has 1 aromatic heterocycles. The Balaban J connectivity index is 2.16. The summed E-state index contributed by atoms with van der Waals surface area (Å²) in [4.78, 5) is 17.5. The summed E-state index contributed by atoms with van der Waals surface area (Å²) < 4.78 is 0. The Bertz CT molecular complexity index is 695. The van der Waals surface area contributed by atoms with Gasteiger partial charge in [-0.15, -0.1) is 0 Å². The van der Waals surface area contributed by atoms with E-state index in [2.05, 4.69) is 9.88 Å². The maximum Gasteiger partial charge on any atom is 0.187 e. The molecule has 0 amide bonds. The van der Waals surface area contributed by atoms with Gasteiger partial charge in [0.05, 0.1) is 0 Å². The number of aliphatic hydroxyl groups excluding tert-OH is 1. The summed E-state index contributed by atoms with van der Waals surface area (Å²) in [6.07, 6.45) is 2.46. The van der Waals surface area contributed by atoms with E-state index < -0.39 is 0 Å². The van der Waals surface area contributed by atoms with Crippen LogP contribution in [0.3, 0.4) is 0 Å². The first kappa shape index (κ1) is 17.7. The van der Waals surface area contributed by atoms with Gasteiger partial charge >= 0.3 is 0 Å². The number of halogens is 1. The van der Waals surface area contributed by atoms with Crippen LogP contribution in [0.5, 0.6) is 0 Å². The summed E-state index contributed by atoms with van der Waals surface area (Å²) in [6.45, 7) is 5.96. The number of rotatable bonds is 7. The highest BCUT2D eigenvalue weighted by Gasteiger charge is 2.11. The number of pyridine rings is 1. The maximum atomic E-state index is 12.1. The molecule has 0 spiro atoms. The lowest BCUT2D eigenvalue weighted by molar-refractivity contribution is 0.210. The van der Waals surface area contributed by atoms with Crippen LogP contribution < -0.4 is 5.43 Å². The third-order valence-corrected chi connectivity index (χ3v) is 4.20. The largest absolute Gasteiger partial charge is 0.396 e. The molecule has 0 unspecified atom stereocenters. The number of aliphatic hydroxyl groups is 1. The van der Waals surface area contributed by atoms with Crippen molar-refractivity contribution in [1.82, 2.24) is 9.88 Å². The van der Waals surface area contributed by atoms with Crippen molar-refractivity contribution >= 4 is 11.6 Å². The summed E-state index contributed by atoms with van der Waals surface area (Å²) >= 11 is 5.93. The first-order valence-corrected chi connectivity index (χ1v) is 8.14. The number of benzene rings is 1. The molecule has 5 heteroatoms. The predicted molar refractivity (Wildman–Crippen MR) is 93.8 cm³/mol. The van der Waals surface area contributed by atoms with E-state index in [-0.39, 0.29) is 12.0 Å². The zero-order valence-electron chi connectivity index (χ0n) is 13.6. The molecule has 0 bridgehead atoms. The number of H-pyrrole nitrogens is 1. The van der Waals surface area contributed by atoms with E-state index in [1.165, 1.54) is 0 Å². The number of hydrogen-bond donors (Lipinski definition) is 2. The van der Waals surface area contributed by atoms with Crippen LogP contribution in [0.15, 0.2) is 35.3 Å². The highest BCUT2D eigenvalue weighted by atomic mass is 35.5. The molecule has 1 heterocycles. The van der Waals surface area contributed by atoms with Crippen LogP contribution in [0, 0.1) is 13.8 Å². The van der Waals surface area contributed by atoms with Crippen molar-refractivity contribution < 1.29 is 5.11 Å². The van der Waals surface area contributed by atoms with E-state index in [0.29, 0.717) is 13.0 Å². The Hall–Kier alpha value is -1.62. The number of hydrogen-bond acceptors (Lipinski definition) is 3. The van der Waals surface area contributed by atoms with Gasteiger partial charge in [0.15, 0.2) is 5.43 Å². The van der Waals surface area contributed by atoms with Crippen LogP contribution in [0.2, 0.25) is 5.02 Å². The lowest BCUT2D eigenvalue weighted by atomic mass is 10.1. The second-order valence-corrected chi connectivity index (χ2v) is 6.26. The van der Waals surface area contributed by atoms with Crippen LogP contribution >= 0.6 is 11.6 Å². The number of aromatic nitrogens is 1. The maximum absolute atomic E-state index is 12.1. The Morgan fingerprint density at radius 2 is 1.87 bits per heavy atom. The third-order valence-electron chi connectivity index (χ3n) is 3.95. The fourth-order valence-corrected chi connectivity index (χ4v) is 2.67. The molecule has 124 valence electrons. The van der Waals surface area contributed by atoms with E-state index in [1.807, 2.05) is 38.1 Å². The lowest BCUT2D eigenvalue weighted by Gasteiger charge is -2.23. The molecule has 0 atom stereocenters. The van der Waals surface area contributed by atoms with Crippen molar-refractivity contribution in [1.29, 1.82) is 0 Å². The average molecular weight is 335 g/mol. The normalized spacial score (nSPS) is 11.2. The summed E-state index contributed by atoms with van der Waals surface area (Å²) in [6, 6.07) is 7.75. The van der Waals surface area contributed by atoms with E-state index in [0.717, 1.165) is 40.5 Å². The molecule has 4 nitrogen and oxygen atoms in total. The van der Waals surface area contributed by atoms with Crippen LogP contribution in [0.4, 0.5) is 0 Å². The number of aromatic amines is 1. The molecule has 0 fully saturated rings. The van der Waals surface area contributed by atoms with Crippen molar-refractivity contribution in [2.45, 2.75) is 33.4 Å². The lowest BCUT2D eigenvalue weighted by Crippen LogP contribution is -2.27. The second kappa shape index (κ2) is 8.29. The summed E-state index contributed by atoms with van der Waals surface area (Å²) in [7, 11) is 0. The van der Waals surface area contributed by atoms with E-state index in [9.17, 15) is 4.79 Å². The number of aryl methyl sites for hydroxylation is 1. The third kappa shape index (κ3) is 4.93. The first-order valence-electron chi connectivity index (χ1n) is 7.76. The molecule has 1 aromatic carbocycles. The Morgan fingerprint density at radius 3 is 2.52 bits per heavy atom. The zero-order chi connectivity index (χ0) is 16.8. The molecule has 0 saturated heterocycles. The average Bonchev–Trinajstić information content (AvgIpc) is 2.55. The molecule has 2 N–H and O–H groups in total. The van der Waals surface area contributed by atoms with Crippen LogP contribution in [-0.4, -0.2) is 28.1 Å². The molecule has 0 saturated carbocycles. The molecule has 0 aliphatic rings. The summed E-state index contributed by atoms with van der Waals surface area (Å²) in [5.74, 6) is 0. The van der Waals surface area contributed by atoms with Crippen molar-refractivity contribution in [2.24, 2.45) is 0 Å². The van der Waals surface area contributed by atoms with Gasteiger partial charge in [-0.05, 0) is 38.0 Å². The number of nitrogens with zero attached hydrogens (tertiary/aromatic N) is 1. The molecule has 0 aliphatic carbocycles. The van der Waals surface area contributed by atoms with Crippen molar-refractivity contribution in [2.75, 3.05) is 13.2 Å². The molecule has 2 aromatic rings. The van der Waals surface area contributed by atoms with Crippen LogP contribution in [-0.2, 0) is 13.1 Å². The minimum atomic E-state index is 0.0901. The molecule has 0 radical (unpaired) electrons. The Morgan fingerprint density at radius 1 is 1.17 bits per heavy atom. The van der Waals surface area contributed by atoms with E-state index >= 15 is 0 Å². The number of nitrogens with one attached hydrogen (secondary N) is 1. The molecular formula is C18H23ClN2O2. The Labute approximate surface area is 141 Å². The molecular weight excluding hydrogens is 312 g/mol. The van der Waals surface area contributed by atoms with Crippen LogP contribution in [0.25, 0.3) is 0 Å². The SMILES string of the molecule is Cc1c[nH]c(CN(CCCO)Cc2ccc(Cl)cc2)c(C)c1=O. The second-order valence-electron chi connectivity index (χ2n) is 5.82. The highest BCUT2D eigenvalue weighted by Crippen LogP contribution is 2.14. The van der Waals surface area contributed by atoms with Crippen LogP contribution in [0.1, 0.15) is 28.8 Å². The van der Waals surface area contributed by atoms with E-state index in [1.54, 1.807) is 6.20 Å². The Kier molecular flexibility index (Phi) is 6.39. The highest BCUT2D eigenvalue weighted by molar-refractivity contribution is 6.30. The predicted octanol–water partition coefficient (Wildman–Crippen LogP) is 3.03. The van der Waals surface area contributed by atoms with Gasteiger partial charge in [-0.3, -0.25) is 9.69 Å². The topological polar surface area (TPSA) is 56.3 Å². The quantitative estimate of drug-likeness (QED) is 0.818. The van der Waals surface area contributed by atoms with Gasteiger partial charge in [0.2, 0.25) is 0 Å². The van der Waals surface area contributed by atoms with Gasteiger partial charge in [-0.25, -0.2) is 0 Å². The van der Waals surface area contributed by atoms with Gasteiger partial charge in [-0.1, -0.05) is 23.7 Å². The minimum Gasteiger partial charge on any atom is -0.396 e. The summed E-state index contributed by atoms with van der Waals surface area (Å²) in [5.41, 5.74) is 3.65. The van der Waals surface area contributed by atoms with Crippen molar-refractivity contribution in [3.63, 3.8) is 0 Å². The first-order chi connectivity index (χ1) is 11.0. The van der Waals surface area contributed by atoms with Gasteiger partial charge in [0.1, 0.15) is 0 Å². The van der Waals surface area contributed by atoms with Gasteiger partial charge in [-0.2, -0.15) is 0 Å². The molecule has 0 aliphatic heterocycles. The summed E-state index contributed by atoms with van der Waals surface area (Å²) in [5, 5.41) is 9.83. The van der Waals surface area contributed by atoms with E-state index in [4.69, 9.17) is 16.7 Å². The fraction of sp³-hybridized carbons (Fsp3) is 0.389. The fourth-order valence-electron chi connectivity index (χ4n) is 2.55. The van der Waals surface area contributed by atoms with Gasteiger partial charge < -0.3 is 10.1 Å². The molecule has 23 heavy (non-hydrogen) atoms.